The first-order valence-electron chi connectivity index (χ1n) is 6.91. The normalized spacial score (nSPS) is 24.4. The van der Waals surface area contributed by atoms with E-state index in [1.54, 1.807) is 7.11 Å². The number of benzene rings is 1. The van der Waals surface area contributed by atoms with Crippen molar-refractivity contribution >= 4 is 0 Å². The van der Waals surface area contributed by atoms with Gasteiger partial charge in [0.25, 0.3) is 0 Å². The van der Waals surface area contributed by atoms with Crippen molar-refractivity contribution in [2.45, 2.75) is 31.5 Å². The van der Waals surface area contributed by atoms with Crippen LogP contribution in [0.3, 0.4) is 0 Å². The van der Waals surface area contributed by atoms with Crippen molar-refractivity contribution in [1.29, 1.82) is 0 Å². The molecule has 4 nitrogen and oxygen atoms in total. The number of aliphatic hydroxyl groups excluding tert-OH is 2. The van der Waals surface area contributed by atoms with Gasteiger partial charge < -0.3 is 20.3 Å². The van der Waals surface area contributed by atoms with Crippen molar-refractivity contribution < 1.29 is 14.9 Å². The fraction of sp³-hybridized carbons (Fsp3) is 0.600. The third-order valence-corrected chi connectivity index (χ3v) is 3.84. The van der Waals surface area contributed by atoms with Crippen LogP contribution in [0, 0.1) is 5.92 Å². The molecule has 0 aliphatic heterocycles. The van der Waals surface area contributed by atoms with E-state index in [2.05, 4.69) is 5.32 Å². The first-order chi connectivity index (χ1) is 9.20. The molecule has 0 amide bonds. The maximum Gasteiger partial charge on any atom is 0.119 e. The molecule has 106 valence electrons. The monoisotopic (exact) mass is 265 g/mol. The highest BCUT2D eigenvalue weighted by atomic mass is 16.5. The Morgan fingerprint density at radius 2 is 2.26 bits per heavy atom. The molecule has 0 saturated heterocycles. The number of hydrogen-bond donors (Lipinski definition) is 3. The third-order valence-electron chi connectivity index (χ3n) is 3.84. The summed E-state index contributed by atoms with van der Waals surface area (Å²) in [6, 6.07) is 7.46. The molecule has 2 rings (SSSR count). The Hall–Kier alpha value is -1.10. The van der Waals surface area contributed by atoms with Crippen LogP contribution in [0.2, 0.25) is 0 Å². The van der Waals surface area contributed by atoms with Gasteiger partial charge in [-0.25, -0.2) is 0 Å². The van der Waals surface area contributed by atoms with E-state index in [0.717, 1.165) is 37.1 Å². The van der Waals surface area contributed by atoms with Crippen LogP contribution in [0.5, 0.6) is 5.75 Å². The average Bonchev–Trinajstić information content (AvgIpc) is 2.84. The molecule has 19 heavy (non-hydrogen) atoms. The van der Waals surface area contributed by atoms with Crippen molar-refractivity contribution in [2.24, 2.45) is 5.92 Å². The first-order valence-corrected chi connectivity index (χ1v) is 6.91. The van der Waals surface area contributed by atoms with Gasteiger partial charge in [-0.15, -0.1) is 0 Å². The number of aliphatic hydroxyl groups is 2. The molecule has 3 atom stereocenters. The van der Waals surface area contributed by atoms with Gasteiger partial charge in [-0.1, -0.05) is 18.6 Å². The molecule has 0 aromatic heterocycles. The third kappa shape index (κ3) is 3.93. The SMILES string of the molecule is COc1cccc(C(O)CNCC2CCCC2O)c1. The zero-order valence-electron chi connectivity index (χ0n) is 11.4. The zero-order valence-corrected chi connectivity index (χ0v) is 11.4. The molecule has 1 saturated carbocycles. The number of methoxy groups -OCH3 is 1. The second-order valence-corrected chi connectivity index (χ2v) is 5.21. The standard InChI is InChI=1S/C15H23NO3/c1-19-13-6-2-4-11(8-13)15(18)10-16-9-12-5-3-7-14(12)17/h2,4,6,8,12,14-18H,3,5,7,9-10H2,1H3. The molecule has 3 N–H and O–H groups in total. The Labute approximate surface area is 114 Å². The average molecular weight is 265 g/mol. The lowest BCUT2D eigenvalue weighted by molar-refractivity contribution is 0.124. The van der Waals surface area contributed by atoms with Crippen molar-refractivity contribution in [2.75, 3.05) is 20.2 Å². The summed E-state index contributed by atoms with van der Waals surface area (Å²) in [4.78, 5) is 0. The van der Waals surface area contributed by atoms with Gasteiger partial charge in [0.1, 0.15) is 5.75 Å². The van der Waals surface area contributed by atoms with Gasteiger partial charge in [0, 0.05) is 13.1 Å². The number of nitrogens with one attached hydrogen (secondary N) is 1. The fourth-order valence-electron chi connectivity index (χ4n) is 2.63. The predicted molar refractivity (Wildman–Crippen MR) is 74.2 cm³/mol. The Bertz CT molecular complexity index is 397. The van der Waals surface area contributed by atoms with E-state index in [4.69, 9.17) is 4.74 Å². The van der Waals surface area contributed by atoms with Gasteiger partial charge in [0.2, 0.25) is 0 Å². The van der Waals surface area contributed by atoms with E-state index in [1.807, 2.05) is 24.3 Å². The number of hydrogen-bond acceptors (Lipinski definition) is 4. The van der Waals surface area contributed by atoms with Crippen LogP contribution in [0.25, 0.3) is 0 Å². The molecule has 0 radical (unpaired) electrons. The van der Waals surface area contributed by atoms with Crippen LogP contribution in [0.4, 0.5) is 0 Å². The van der Waals surface area contributed by atoms with Crippen molar-refractivity contribution in [3.05, 3.63) is 29.8 Å². The second kappa shape index (κ2) is 6.89. The predicted octanol–water partition coefficient (Wildman–Crippen LogP) is 1.48. The lowest BCUT2D eigenvalue weighted by Crippen LogP contribution is -2.30. The summed E-state index contributed by atoms with van der Waals surface area (Å²) in [7, 11) is 1.62. The minimum Gasteiger partial charge on any atom is -0.497 e. The van der Waals surface area contributed by atoms with Crippen LogP contribution >= 0.6 is 0 Å². The van der Waals surface area contributed by atoms with E-state index >= 15 is 0 Å². The van der Waals surface area contributed by atoms with Gasteiger partial charge >= 0.3 is 0 Å². The minimum atomic E-state index is -0.548. The van der Waals surface area contributed by atoms with E-state index in [1.165, 1.54) is 0 Å². The van der Waals surface area contributed by atoms with Crippen molar-refractivity contribution in [3.8, 4) is 5.75 Å². The smallest absolute Gasteiger partial charge is 0.119 e. The van der Waals surface area contributed by atoms with Crippen LogP contribution in [0.15, 0.2) is 24.3 Å². The summed E-state index contributed by atoms with van der Waals surface area (Å²) < 4.78 is 5.14. The molecule has 0 bridgehead atoms. The molecule has 1 aliphatic rings. The number of rotatable bonds is 6. The maximum atomic E-state index is 10.1. The van der Waals surface area contributed by atoms with Crippen LogP contribution in [0.1, 0.15) is 30.9 Å². The molecule has 4 heteroatoms. The number of ether oxygens (including phenoxy) is 1. The van der Waals surface area contributed by atoms with E-state index < -0.39 is 6.10 Å². The molecule has 3 unspecified atom stereocenters. The van der Waals surface area contributed by atoms with Crippen molar-refractivity contribution in [1.82, 2.24) is 5.32 Å². The Balaban J connectivity index is 1.78. The molecule has 0 heterocycles. The van der Waals surface area contributed by atoms with Gasteiger partial charge in [0.05, 0.1) is 19.3 Å². The summed E-state index contributed by atoms with van der Waals surface area (Å²) in [6.07, 6.45) is 2.36. The molecular weight excluding hydrogens is 242 g/mol. The molecule has 1 aromatic carbocycles. The Morgan fingerprint density at radius 1 is 1.42 bits per heavy atom. The Kier molecular flexibility index (Phi) is 5.19. The quantitative estimate of drug-likeness (QED) is 0.729. The largest absolute Gasteiger partial charge is 0.497 e. The van der Waals surface area contributed by atoms with E-state index in [9.17, 15) is 10.2 Å². The first kappa shape index (κ1) is 14.3. The van der Waals surface area contributed by atoms with E-state index in [-0.39, 0.29) is 6.10 Å². The van der Waals surface area contributed by atoms with Crippen LogP contribution < -0.4 is 10.1 Å². The lowest BCUT2D eigenvalue weighted by atomic mass is 10.1. The summed E-state index contributed by atoms with van der Waals surface area (Å²) in [5.41, 5.74) is 0.846. The molecule has 1 fully saturated rings. The lowest BCUT2D eigenvalue weighted by Gasteiger charge is -2.17. The zero-order chi connectivity index (χ0) is 13.7. The van der Waals surface area contributed by atoms with Gasteiger partial charge in [-0.05, 0) is 36.5 Å². The highest BCUT2D eigenvalue weighted by Crippen LogP contribution is 2.25. The van der Waals surface area contributed by atoms with Crippen LogP contribution in [-0.2, 0) is 0 Å². The summed E-state index contributed by atoms with van der Waals surface area (Å²) in [6.45, 7) is 1.26. The minimum absolute atomic E-state index is 0.179. The topological polar surface area (TPSA) is 61.7 Å². The summed E-state index contributed by atoms with van der Waals surface area (Å²) in [5, 5.41) is 23.1. The van der Waals surface area contributed by atoms with E-state index in [0.29, 0.717) is 12.5 Å². The second-order valence-electron chi connectivity index (χ2n) is 5.21. The molecule has 1 aromatic rings. The molecule has 0 spiro atoms. The van der Waals surface area contributed by atoms with Gasteiger partial charge in [-0.3, -0.25) is 0 Å². The summed E-state index contributed by atoms with van der Waals surface area (Å²) in [5.74, 6) is 1.08. The fourth-order valence-corrected chi connectivity index (χ4v) is 2.63. The van der Waals surface area contributed by atoms with Crippen LogP contribution in [-0.4, -0.2) is 36.5 Å². The Morgan fingerprint density at radius 3 is 2.95 bits per heavy atom. The summed E-state index contributed by atoms with van der Waals surface area (Å²) >= 11 is 0. The maximum absolute atomic E-state index is 10.1. The van der Waals surface area contributed by atoms with Gasteiger partial charge in [-0.2, -0.15) is 0 Å². The molecule has 1 aliphatic carbocycles. The highest BCUT2D eigenvalue weighted by Gasteiger charge is 2.24. The van der Waals surface area contributed by atoms with Crippen molar-refractivity contribution in [3.63, 3.8) is 0 Å². The van der Waals surface area contributed by atoms with Gasteiger partial charge in [0.15, 0.2) is 0 Å². The highest BCUT2D eigenvalue weighted by molar-refractivity contribution is 5.29. The molecular formula is C15H23NO3.